The number of carbonyl (C=O) groups is 1. The number of hydrogen-bond donors (Lipinski definition) is 0. The molecule has 0 spiro atoms. The van der Waals surface area contributed by atoms with E-state index in [1.807, 2.05) is 66.4 Å². The zero-order valence-electron chi connectivity index (χ0n) is 15.9. The molecule has 2 heterocycles. The Labute approximate surface area is 164 Å². The van der Waals surface area contributed by atoms with Crippen LogP contribution in [0.5, 0.6) is 5.75 Å². The summed E-state index contributed by atoms with van der Waals surface area (Å²) in [4.78, 5) is 18.9. The van der Waals surface area contributed by atoms with Gasteiger partial charge in [0, 0.05) is 24.6 Å². The highest BCUT2D eigenvalue weighted by Crippen LogP contribution is 2.27. The summed E-state index contributed by atoms with van der Waals surface area (Å²) in [5.74, 6) is 2.24. The quantitative estimate of drug-likeness (QED) is 0.673. The Kier molecular flexibility index (Phi) is 5.37. The van der Waals surface area contributed by atoms with Crippen LogP contribution in [0.2, 0.25) is 0 Å². The topological polar surface area (TPSA) is 68.5 Å². The van der Waals surface area contributed by atoms with Crippen molar-refractivity contribution in [1.82, 2.24) is 15.0 Å². The summed E-state index contributed by atoms with van der Waals surface area (Å²) >= 11 is 0. The van der Waals surface area contributed by atoms with Crippen molar-refractivity contribution in [2.24, 2.45) is 0 Å². The molecule has 0 unspecified atom stereocenters. The number of piperidine rings is 1. The second kappa shape index (κ2) is 8.25. The third kappa shape index (κ3) is 4.22. The molecule has 28 heavy (non-hydrogen) atoms. The van der Waals surface area contributed by atoms with Gasteiger partial charge >= 0.3 is 0 Å². The molecular formula is C22H23N3O3. The highest BCUT2D eigenvalue weighted by molar-refractivity contribution is 5.94. The van der Waals surface area contributed by atoms with E-state index < -0.39 is 0 Å². The van der Waals surface area contributed by atoms with Crippen molar-refractivity contribution in [2.45, 2.75) is 32.3 Å². The van der Waals surface area contributed by atoms with E-state index in [0.717, 1.165) is 24.2 Å². The number of amides is 1. The van der Waals surface area contributed by atoms with E-state index in [-0.39, 0.29) is 18.4 Å². The summed E-state index contributed by atoms with van der Waals surface area (Å²) in [5.41, 5.74) is 1.92. The number of ether oxygens (including phenoxy) is 1. The number of benzene rings is 2. The summed E-state index contributed by atoms with van der Waals surface area (Å²) in [6.07, 6.45) is 1.66. The van der Waals surface area contributed by atoms with Crippen molar-refractivity contribution in [2.75, 3.05) is 13.1 Å². The monoisotopic (exact) mass is 377 g/mol. The second-order valence-corrected chi connectivity index (χ2v) is 7.08. The molecule has 144 valence electrons. The highest BCUT2D eigenvalue weighted by Gasteiger charge is 2.27. The van der Waals surface area contributed by atoms with Crippen LogP contribution in [-0.4, -0.2) is 34.0 Å². The summed E-state index contributed by atoms with van der Waals surface area (Å²) < 4.78 is 11.0. The van der Waals surface area contributed by atoms with Crippen LogP contribution in [-0.2, 0) is 6.61 Å². The number of aryl methyl sites for hydroxylation is 1. The SMILES string of the molecule is Cc1ccc(OCc2nc(C3CCN(C(=O)c4ccccc4)CC3)no2)cc1. The number of hydrogen-bond acceptors (Lipinski definition) is 5. The number of carbonyl (C=O) groups excluding carboxylic acids is 1. The normalized spacial score (nSPS) is 14.8. The molecule has 0 bridgehead atoms. The lowest BCUT2D eigenvalue weighted by atomic mass is 9.95. The largest absolute Gasteiger partial charge is 0.484 e. The van der Waals surface area contributed by atoms with E-state index in [1.165, 1.54) is 5.56 Å². The van der Waals surface area contributed by atoms with Gasteiger partial charge in [-0.1, -0.05) is 41.1 Å². The second-order valence-electron chi connectivity index (χ2n) is 7.08. The molecule has 1 aromatic heterocycles. The average Bonchev–Trinajstić information content (AvgIpc) is 3.23. The Hall–Kier alpha value is -3.15. The van der Waals surface area contributed by atoms with Crippen molar-refractivity contribution < 1.29 is 14.1 Å². The summed E-state index contributed by atoms with van der Waals surface area (Å²) in [6, 6.07) is 17.2. The Balaban J connectivity index is 1.30. The maximum atomic E-state index is 12.5. The van der Waals surface area contributed by atoms with Gasteiger partial charge in [-0.05, 0) is 44.0 Å². The Bertz CT molecular complexity index is 914. The lowest BCUT2D eigenvalue weighted by Gasteiger charge is -2.30. The van der Waals surface area contributed by atoms with Crippen molar-refractivity contribution in [3.8, 4) is 5.75 Å². The van der Waals surface area contributed by atoms with Crippen LogP contribution in [0.4, 0.5) is 0 Å². The molecule has 0 aliphatic carbocycles. The molecule has 6 heteroatoms. The molecule has 1 aliphatic heterocycles. The van der Waals surface area contributed by atoms with Gasteiger partial charge in [0.1, 0.15) is 5.75 Å². The minimum atomic E-state index is 0.0827. The molecular weight excluding hydrogens is 354 g/mol. The molecule has 1 fully saturated rings. The molecule has 1 amide bonds. The fraction of sp³-hybridized carbons (Fsp3) is 0.318. The van der Waals surface area contributed by atoms with Gasteiger partial charge in [0.25, 0.3) is 11.8 Å². The first-order valence-corrected chi connectivity index (χ1v) is 9.55. The molecule has 1 saturated heterocycles. The number of likely N-dealkylation sites (tertiary alicyclic amines) is 1. The van der Waals surface area contributed by atoms with Crippen LogP contribution in [0, 0.1) is 6.92 Å². The van der Waals surface area contributed by atoms with Crippen LogP contribution in [0.25, 0.3) is 0 Å². The van der Waals surface area contributed by atoms with E-state index in [9.17, 15) is 4.79 Å². The predicted octanol–water partition coefficient (Wildman–Crippen LogP) is 3.98. The van der Waals surface area contributed by atoms with E-state index >= 15 is 0 Å². The lowest BCUT2D eigenvalue weighted by Crippen LogP contribution is -2.38. The van der Waals surface area contributed by atoms with Crippen LogP contribution >= 0.6 is 0 Å². The van der Waals surface area contributed by atoms with Crippen molar-refractivity contribution >= 4 is 5.91 Å². The Morgan fingerprint density at radius 2 is 1.82 bits per heavy atom. The molecule has 0 saturated carbocycles. The molecule has 1 aliphatic rings. The smallest absolute Gasteiger partial charge is 0.264 e. The third-order valence-corrected chi connectivity index (χ3v) is 5.04. The summed E-state index contributed by atoms with van der Waals surface area (Å²) in [6.45, 7) is 3.68. The average molecular weight is 377 g/mol. The lowest BCUT2D eigenvalue weighted by molar-refractivity contribution is 0.0710. The molecule has 6 nitrogen and oxygen atoms in total. The fourth-order valence-corrected chi connectivity index (χ4v) is 3.38. The van der Waals surface area contributed by atoms with Crippen LogP contribution in [0.3, 0.4) is 0 Å². The van der Waals surface area contributed by atoms with Crippen molar-refractivity contribution in [3.63, 3.8) is 0 Å². The first kappa shape index (κ1) is 18.2. The van der Waals surface area contributed by atoms with Crippen LogP contribution in [0.15, 0.2) is 59.1 Å². The predicted molar refractivity (Wildman–Crippen MR) is 104 cm³/mol. The van der Waals surface area contributed by atoms with Gasteiger partial charge in [-0.3, -0.25) is 4.79 Å². The minimum Gasteiger partial charge on any atom is -0.484 e. The number of rotatable bonds is 5. The van der Waals surface area contributed by atoms with Crippen LogP contribution in [0.1, 0.15) is 46.4 Å². The van der Waals surface area contributed by atoms with E-state index in [0.29, 0.717) is 24.8 Å². The van der Waals surface area contributed by atoms with Gasteiger partial charge in [0.2, 0.25) is 0 Å². The van der Waals surface area contributed by atoms with Gasteiger partial charge < -0.3 is 14.2 Å². The first-order valence-electron chi connectivity index (χ1n) is 9.55. The molecule has 0 atom stereocenters. The van der Waals surface area contributed by atoms with Crippen molar-refractivity contribution in [1.29, 1.82) is 0 Å². The Morgan fingerprint density at radius 3 is 2.54 bits per heavy atom. The molecule has 0 radical (unpaired) electrons. The fourth-order valence-electron chi connectivity index (χ4n) is 3.38. The minimum absolute atomic E-state index is 0.0827. The molecule has 0 N–H and O–H groups in total. The van der Waals surface area contributed by atoms with E-state index in [1.54, 1.807) is 0 Å². The third-order valence-electron chi connectivity index (χ3n) is 5.04. The molecule has 3 aromatic rings. The van der Waals surface area contributed by atoms with Gasteiger partial charge in [-0.25, -0.2) is 0 Å². The summed E-state index contributed by atoms with van der Waals surface area (Å²) in [5, 5.41) is 4.12. The maximum Gasteiger partial charge on any atom is 0.264 e. The standard InChI is InChI=1S/C22H23N3O3/c1-16-7-9-19(10-8-16)27-15-20-23-21(24-28-20)17-11-13-25(14-12-17)22(26)18-5-3-2-4-6-18/h2-10,17H,11-15H2,1H3. The van der Waals surface area contributed by atoms with Gasteiger partial charge in [0.15, 0.2) is 12.4 Å². The van der Waals surface area contributed by atoms with Gasteiger partial charge in [-0.2, -0.15) is 4.98 Å². The first-order chi connectivity index (χ1) is 13.7. The molecule has 2 aromatic carbocycles. The van der Waals surface area contributed by atoms with E-state index in [4.69, 9.17) is 9.26 Å². The highest BCUT2D eigenvalue weighted by atomic mass is 16.5. The van der Waals surface area contributed by atoms with E-state index in [2.05, 4.69) is 10.1 Å². The van der Waals surface area contributed by atoms with Gasteiger partial charge in [0.05, 0.1) is 0 Å². The summed E-state index contributed by atoms with van der Waals surface area (Å²) in [7, 11) is 0. The zero-order chi connectivity index (χ0) is 19.3. The zero-order valence-corrected chi connectivity index (χ0v) is 15.9. The number of aromatic nitrogens is 2. The van der Waals surface area contributed by atoms with Crippen molar-refractivity contribution in [3.05, 3.63) is 77.4 Å². The van der Waals surface area contributed by atoms with Crippen LogP contribution < -0.4 is 4.74 Å². The van der Waals surface area contributed by atoms with Gasteiger partial charge in [-0.15, -0.1) is 0 Å². The molecule has 4 rings (SSSR count). The maximum absolute atomic E-state index is 12.5. The Morgan fingerprint density at radius 1 is 1.11 bits per heavy atom. The number of nitrogens with zero attached hydrogens (tertiary/aromatic N) is 3.